The molecular weight excluding hydrogens is 244 g/mol. The summed E-state index contributed by atoms with van der Waals surface area (Å²) in [5.41, 5.74) is 0. The lowest BCUT2D eigenvalue weighted by Crippen LogP contribution is -2.10. The van der Waals surface area contributed by atoms with Crippen LogP contribution in [0.1, 0.15) is 73.1 Å². The van der Waals surface area contributed by atoms with E-state index >= 15 is 0 Å². The van der Waals surface area contributed by atoms with Crippen LogP contribution in [0.5, 0.6) is 0 Å². The monoisotopic (exact) mass is 274 g/mol. The summed E-state index contributed by atoms with van der Waals surface area (Å²) < 4.78 is 9.74. The summed E-state index contributed by atoms with van der Waals surface area (Å²) in [6, 6.07) is 0. The highest BCUT2D eigenvalue weighted by molar-refractivity contribution is 5.69. The Labute approximate surface area is 117 Å². The van der Waals surface area contributed by atoms with Crippen LogP contribution in [-0.2, 0) is 19.1 Å². The average Bonchev–Trinajstić information content (AvgIpc) is 2.30. The molecule has 0 radical (unpaired) electrons. The van der Waals surface area contributed by atoms with Crippen molar-refractivity contribution in [1.82, 2.24) is 0 Å². The number of unbranched alkanes of at least 4 members (excludes halogenated alkanes) is 1. The van der Waals surface area contributed by atoms with E-state index in [9.17, 15) is 9.59 Å². The molecule has 4 nitrogen and oxygen atoms in total. The highest BCUT2D eigenvalue weighted by Gasteiger charge is 2.01. The molecule has 114 valence electrons. The van der Waals surface area contributed by atoms with Gasteiger partial charge in [-0.1, -0.05) is 27.2 Å². The van der Waals surface area contributed by atoms with Gasteiger partial charge >= 0.3 is 11.9 Å². The Hall–Kier alpha value is -1.06. The maximum atomic E-state index is 10.7. The topological polar surface area (TPSA) is 52.6 Å². The van der Waals surface area contributed by atoms with Gasteiger partial charge in [-0.2, -0.15) is 0 Å². The third-order valence-corrected chi connectivity index (χ3v) is 2.04. The van der Waals surface area contributed by atoms with Gasteiger partial charge < -0.3 is 9.47 Å². The lowest BCUT2D eigenvalue weighted by atomic mass is 10.3. The van der Waals surface area contributed by atoms with Gasteiger partial charge in [0.05, 0.1) is 12.7 Å². The van der Waals surface area contributed by atoms with E-state index < -0.39 is 0 Å². The van der Waals surface area contributed by atoms with E-state index in [0.717, 1.165) is 25.7 Å². The molecule has 0 spiro atoms. The van der Waals surface area contributed by atoms with Crippen LogP contribution in [0.2, 0.25) is 0 Å². The van der Waals surface area contributed by atoms with E-state index in [1.807, 2.05) is 27.7 Å². The fraction of sp³-hybridized carbons (Fsp3) is 0.867. The number of rotatable bonds is 8. The summed E-state index contributed by atoms with van der Waals surface area (Å²) in [7, 11) is 0. The van der Waals surface area contributed by atoms with Crippen molar-refractivity contribution in [2.24, 2.45) is 0 Å². The van der Waals surface area contributed by atoms with E-state index in [2.05, 4.69) is 6.92 Å². The molecule has 0 amide bonds. The van der Waals surface area contributed by atoms with Crippen molar-refractivity contribution in [3.8, 4) is 0 Å². The molecule has 0 saturated heterocycles. The van der Waals surface area contributed by atoms with Crippen molar-refractivity contribution in [3.63, 3.8) is 0 Å². The van der Waals surface area contributed by atoms with Crippen LogP contribution < -0.4 is 0 Å². The molecule has 0 bridgehead atoms. The molecule has 0 aliphatic rings. The minimum atomic E-state index is -0.0903. The van der Waals surface area contributed by atoms with Gasteiger partial charge in [0.1, 0.15) is 0 Å². The second-order valence-electron chi connectivity index (χ2n) is 4.61. The van der Waals surface area contributed by atoms with Gasteiger partial charge in [-0.15, -0.1) is 0 Å². The zero-order valence-corrected chi connectivity index (χ0v) is 13.2. The first-order valence-electron chi connectivity index (χ1n) is 7.32. The SMILES string of the molecule is CCCC(=O)OC(C)C.CCCCOC(=O)CCC. The van der Waals surface area contributed by atoms with E-state index in [4.69, 9.17) is 9.47 Å². The Balaban J connectivity index is 0. The van der Waals surface area contributed by atoms with E-state index in [0.29, 0.717) is 19.4 Å². The Morgan fingerprint density at radius 3 is 1.84 bits per heavy atom. The van der Waals surface area contributed by atoms with Gasteiger partial charge in [-0.05, 0) is 33.1 Å². The minimum absolute atomic E-state index is 0.0315. The maximum absolute atomic E-state index is 10.7. The highest BCUT2D eigenvalue weighted by atomic mass is 16.5. The summed E-state index contributed by atoms with van der Waals surface area (Å²) in [5.74, 6) is -0.150. The van der Waals surface area contributed by atoms with E-state index in [1.54, 1.807) is 0 Å². The smallest absolute Gasteiger partial charge is 0.306 e. The van der Waals surface area contributed by atoms with Crippen molar-refractivity contribution in [1.29, 1.82) is 0 Å². The Morgan fingerprint density at radius 1 is 0.895 bits per heavy atom. The van der Waals surface area contributed by atoms with Crippen molar-refractivity contribution in [3.05, 3.63) is 0 Å². The number of hydrogen-bond donors (Lipinski definition) is 0. The number of hydrogen-bond acceptors (Lipinski definition) is 4. The molecular formula is C15H30O4. The fourth-order valence-corrected chi connectivity index (χ4v) is 1.13. The summed E-state index contributed by atoms with van der Waals surface area (Å²) in [4.78, 5) is 21.3. The average molecular weight is 274 g/mol. The summed E-state index contributed by atoms with van der Waals surface area (Å²) in [6.45, 7) is 10.3. The van der Waals surface area contributed by atoms with Gasteiger partial charge in [0.2, 0.25) is 0 Å². The predicted molar refractivity (Wildman–Crippen MR) is 76.9 cm³/mol. The molecule has 0 saturated carbocycles. The second-order valence-corrected chi connectivity index (χ2v) is 4.61. The molecule has 19 heavy (non-hydrogen) atoms. The largest absolute Gasteiger partial charge is 0.466 e. The zero-order valence-electron chi connectivity index (χ0n) is 13.2. The van der Waals surface area contributed by atoms with Gasteiger partial charge in [0, 0.05) is 12.8 Å². The molecule has 0 heterocycles. The second kappa shape index (κ2) is 15.0. The summed E-state index contributed by atoms with van der Waals surface area (Å²) in [6.07, 6.45) is 4.94. The quantitative estimate of drug-likeness (QED) is 0.498. The predicted octanol–water partition coefficient (Wildman–Crippen LogP) is 3.87. The number of esters is 2. The molecule has 0 aromatic carbocycles. The van der Waals surface area contributed by atoms with Gasteiger partial charge in [0.25, 0.3) is 0 Å². The minimum Gasteiger partial charge on any atom is -0.466 e. The maximum Gasteiger partial charge on any atom is 0.306 e. The third-order valence-electron chi connectivity index (χ3n) is 2.04. The van der Waals surface area contributed by atoms with Crippen LogP contribution in [0.15, 0.2) is 0 Å². The number of carbonyl (C=O) groups is 2. The van der Waals surface area contributed by atoms with E-state index in [1.165, 1.54) is 0 Å². The number of carbonyl (C=O) groups excluding carboxylic acids is 2. The van der Waals surface area contributed by atoms with E-state index in [-0.39, 0.29) is 18.0 Å². The van der Waals surface area contributed by atoms with Crippen LogP contribution in [0.3, 0.4) is 0 Å². The van der Waals surface area contributed by atoms with Gasteiger partial charge in [0.15, 0.2) is 0 Å². The molecule has 0 unspecified atom stereocenters. The first kappa shape index (κ1) is 20.3. The van der Waals surface area contributed by atoms with Gasteiger partial charge in [-0.3, -0.25) is 9.59 Å². The van der Waals surface area contributed by atoms with Gasteiger partial charge in [-0.25, -0.2) is 0 Å². The standard InChI is InChI=1S/C8H16O2.C7H14O2/c1-3-5-7-10-8(9)6-4-2;1-4-5-7(8)9-6(2)3/h3-7H2,1-2H3;6H,4-5H2,1-3H3. The van der Waals surface area contributed by atoms with Crippen LogP contribution in [-0.4, -0.2) is 24.6 Å². The summed E-state index contributed by atoms with van der Waals surface area (Å²) >= 11 is 0. The van der Waals surface area contributed by atoms with Crippen LogP contribution >= 0.6 is 0 Å². The summed E-state index contributed by atoms with van der Waals surface area (Å²) in [5, 5.41) is 0. The Kier molecular flexibility index (Phi) is 16.0. The van der Waals surface area contributed by atoms with Crippen LogP contribution in [0.25, 0.3) is 0 Å². The van der Waals surface area contributed by atoms with Crippen molar-refractivity contribution in [2.45, 2.75) is 79.2 Å². The Morgan fingerprint density at radius 2 is 1.42 bits per heavy atom. The lowest BCUT2D eigenvalue weighted by Gasteiger charge is -2.05. The molecule has 0 aromatic heterocycles. The first-order chi connectivity index (χ1) is 8.97. The Bertz CT molecular complexity index is 224. The molecule has 0 aliphatic carbocycles. The third kappa shape index (κ3) is 19.5. The first-order valence-corrected chi connectivity index (χ1v) is 7.32. The molecule has 0 aliphatic heterocycles. The highest BCUT2D eigenvalue weighted by Crippen LogP contribution is 1.95. The number of ether oxygens (including phenoxy) is 2. The van der Waals surface area contributed by atoms with Crippen molar-refractivity contribution < 1.29 is 19.1 Å². The molecule has 0 fully saturated rings. The molecule has 0 rings (SSSR count). The molecule has 4 heteroatoms. The normalized spacial score (nSPS) is 9.58. The molecule has 0 aromatic rings. The molecule has 0 atom stereocenters. The fourth-order valence-electron chi connectivity index (χ4n) is 1.13. The lowest BCUT2D eigenvalue weighted by molar-refractivity contribution is -0.147. The van der Waals surface area contributed by atoms with Crippen molar-refractivity contribution in [2.75, 3.05) is 6.61 Å². The van der Waals surface area contributed by atoms with Crippen LogP contribution in [0.4, 0.5) is 0 Å². The van der Waals surface area contributed by atoms with Crippen LogP contribution in [0, 0.1) is 0 Å². The van der Waals surface area contributed by atoms with Crippen molar-refractivity contribution >= 4 is 11.9 Å². The zero-order chi connectivity index (χ0) is 15.1. The molecule has 0 N–H and O–H groups in total.